The Balaban J connectivity index is 1.40. The van der Waals surface area contributed by atoms with Crippen LogP contribution in [0.15, 0.2) is 48.5 Å². The Bertz CT molecular complexity index is 826. The molecule has 1 fully saturated rings. The van der Waals surface area contributed by atoms with Gasteiger partial charge in [-0.25, -0.2) is 0 Å². The normalized spacial score (nSPS) is 15.2. The number of amides is 1. The summed E-state index contributed by atoms with van der Waals surface area (Å²) in [6.45, 7) is 6.49. The van der Waals surface area contributed by atoms with Crippen LogP contribution in [0.2, 0.25) is 0 Å². The van der Waals surface area contributed by atoms with Crippen molar-refractivity contribution in [3.05, 3.63) is 65.2 Å². The maximum absolute atomic E-state index is 12.2. The number of aryl methyl sites for hydroxylation is 1. The highest BCUT2D eigenvalue weighted by Gasteiger charge is 2.21. The smallest absolute Gasteiger partial charge is 0.258 e. The molecule has 2 aromatic carbocycles. The first kappa shape index (κ1) is 20.1. The summed E-state index contributed by atoms with van der Waals surface area (Å²) >= 11 is 0. The van der Waals surface area contributed by atoms with E-state index in [1.807, 2.05) is 0 Å². The van der Waals surface area contributed by atoms with Gasteiger partial charge in [0.1, 0.15) is 5.75 Å². The zero-order valence-corrected chi connectivity index (χ0v) is 16.6. The molecule has 5 nitrogen and oxygen atoms in total. The molecule has 2 aromatic rings. The molecule has 0 aromatic heterocycles. The van der Waals surface area contributed by atoms with Crippen LogP contribution >= 0.6 is 0 Å². The Morgan fingerprint density at radius 1 is 1.11 bits per heavy atom. The molecule has 0 unspecified atom stereocenters. The van der Waals surface area contributed by atoms with Crippen molar-refractivity contribution in [1.29, 1.82) is 0 Å². The molecular formula is C23H28N2O3. The summed E-state index contributed by atoms with van der Waals surface area (Å²) in [5.74, 6) is 0.397. The summed E-state index contributed by atoms with van der Waals surface area (Å²) in [4.78, 5) is 26.0. The van der Waals surface area contributed by atoms with E-state index in [2.05, 4.69) is 41.4 Å². The Kier molecular flexibility index (Phi) is 6.82. The lowest BCUT2D eigenvalue weighted by molar-refractivity contribution is -0.124. The van der Waals surface area contributed by atoms with Gasteiger partial charge in [-0.3, -0.25) is 14.5 Å². The van der Waals surface area contributed by atoms with Crippen LogP contribution in [0.25, 0.3) is 0 Å². The fourth-order valence-corrected chi connectivity index (χ4v) is 3.53. The Morgan fingerprint density at radius 3 is 2.57 bits per heavy atom. The summed E-state index contributed by atoms with van der Waals surface area (Å²) in [6.07, 6.45) is 1.88. The predicted molar refractivity (Wildman–Crippen MR) is 110 cm³/mol. The van der Waals surface area contributed by atoms with Gasteiger partial charge in [0.25, 0.3) is 5.91 Å². The quantitative estimate of drug-likeness (QED) is 0.749. The Hall–Kier alpha value is -2.66. The number of nitrogens with zero attached hydrogens (tertiary/aromatic N) is 1. The molecular weight excluding hydrogens is 352 g/mol. The van der Waals surface area contributed by atoms with Crippen LogP contribution in [0.4, 0.5) is 0 Å². The molecule has 3 rings (SSSR count). The second kappa shape index (κ2) is 9.51. The van der Waals surface area contributed by atoms with Gasteiger partial charge in [-0.15, -0.1) is 0 Å². The summed E-state index contributed by atoms with van der Waals surface area (Å²) in [5, 5.41) is 3.06. The van der Waals surface area contributed by atoms with Gasteiger partial charge in [-0.05, 0) is 44.4 Å². The highest BCUT2D eigenvalue weighted by molar-refractivity contribution is 5.94. The number of carbonyl (C=O) groups excluding carboxylic acids is 2. The van der Waals surface area contributed by atoms with Gasteiger partial charge in [-0.1, -0.05) is 42.0 Å². The highest BCUT2D eigenvalue weighted by Crippen LogP contribution is 2.16. The molecule has 0 saturated carbocycles. The third-order valence-electron chi connectivity index (χ3n) is 5.05. The van der Waals surface area contributed by atoms with Crippen molar-refractivity contribution in [3.8, 4) is 5.75 Å². The zero-order valence-electron chi connectivity index (χ0n) is 16.6. The van der Waals surface area contributed by atoms with E-state index in [0.717, 1.165) is 32.5 Å². The van der Waals surface area contributed by atoms with Gasteiger partial charge in [0.2, 0.25) is 0 Å². The first-order valence-corrected chi connectivity index (χ1v) is 9.80. The van der Waals surface area contributed by atoms with Gasteiger partial charge >= 0.3 is 0 Å². The van der Waals surface area contributed by atoms with E-state index in [1.54, 1.807) is 24.3 Å². The van der Waals surface area contributed by atoms with Crippen LogP contribution in [0.1, 0.15) is 41.3 Å². The van der Waals surface area contributed by atoms with Gasteiger partial charge in [0.05, 0.1) is 0 Å². The van der Waals surface area contributed by atoms with Crippen molar-refractivity contribution >= 4 is 11.7 Å². The van der Waals surface area contributed by atoms with Gasteiger partial charge in [0.15, 0.2) is 12.4 Å². The van der Waals surface area contributed by atoms with E-state index < -0.39 is 0 Å². The van der Waals surface area contributed by atoms with E-state index >= 15 is 0 Å². The van der Waals surface area contributed by atoms with Crippen LogP contribution in [0.3, 0.4) is 0 Å². The summed E-state index contributed by atoms with van der Waals surface area (Å²) in [7, 11) is 0. The molecule has 1 amide bonds. The minimum atomic E-state index is -0.120. The van der Waals surface area contributed by atoms with Crippen molar-refractivity contribution in [2.24, 2.45) is 0 Å². The maximum atomic E-state index is 12.2. The number of ether oxygens (including phenoxy) is 1. The van der Waals surface area contributed by atoms with E-state index in [-0.39, 0.29) is 24.3 Å². The molecule has 0 spiro atoms. The number of likely N-dealkylation sites (tertiary alicyclic amines) is 1. The average Bonchev–Trinajstić information content (AvgIpc) is 2.68. The topological polar surface area (TPSA) is 58.6 Å². The van der Waals surface area contributed by atoms with Gasteiger partial charge in [-0.2, -0.15) is 0 Å². The van der Waals surface area contributed by atoms with E-state index in [1.165, 1.54) is 18.1 Å². The molecule has 1 saturated heterocycles. The standard InChI is InChI=1S/C23H28N2O3/c1-17-5-3-6-19(13-17)15-25-11-9-21(10-12-25)24-23(27)16-28-22-8-4-7-20(14-22)18(2)26/h3-8,13-14,21H,9-12,15-16H2,1-2H3,(H,24,27). The van der Waals surface area contributed by atoms with Crippen LogP contribution in [-0.2, 0) is 11.3 Å². The van der Waals surface area contributed by atoms with Gasteiger partial charge in [0, 0.05) is 31.2 Å². The van der Waals surface area contributed by atoms with Crippen molar-refractivity contribution < 1.29 is 14.3 Å². The highest BCUT2D eigenvalue weighted by atomic mass is 16.5. The molecule has 148 valence electrons. The largest absolute Gasteiger partial charge is 0.484 e. The number of ketones is 1. The lowest BCUT2D eigenvalue weighted by Crippen LogP contribution is -2.45. The van der Waals surface area contributed by atoms with E-state index in [0.29, 0.717) is 11.3 Å². The minimum absolute atomic E-state index is 0.0210. The molecule has 1 aliphatic rings. The number of benzene rings is 2. The van der Waals surface area contributed by atoms with Crippen molar-refractivity contribution in [3.63, 3.8) is 0 Å². The molecule has 0 aliphatic carbocycles. The molecule has 1 N–H and O–H groups in total. The number of hydrogen-bond donors (Lipinski definition) is 1. The summed E-state index contributed by atoms with van der Waals surface area (Å²) in [6, 6.07) is 15.7. The Labute approximate surface area is 166 Å². The second-order valence-electron chi connectivity index (χ2n) is 7.48. The number of piperidine rings is 1. The SMILES string of the molecule is CC(=O)c1cccc(OCC(=O)NC2CCN(Cc3cccc(C)c3)CC2)c1. The van der Waals surface area contributed by atoms with Crippen molar-refractivity contribution in [2.75, 3.05) is 19.7 Å². The maximum Gasteiger partial charge on any atom is 0.258 e. The summed E-state index contributed by atoms with van der Waals surface area (Å²) in [5.41, 5.74) is 3.20. The molecule has 28 heavy (non-hydrogen) atoms. The van der Waals surface area contributed by atoms with Crippen molar-refractivity contribution in [1.82, 2.24) is 10.2 Å². The number of carbonyl (C=O) groups is 2. The van der Waals surface area contributed by atoms with Crippen LogP contribution < -0.4 is 10.1 Å². The molecule has 1 heterocycles. The Morgan fingerprint density at radius 2 is 1.86 bits per heavy atom. The minimum Gasteiger partial charge on any atom is -0.484 e. The monoisotopic (exact) mass is 380 g/mol. The van der Waals surface area contributed by atoms with E-state index in [9.17, 15) is 9.59 Å². The lowest BCUT2D eigenvalue weighted by atomic mass is 10.0. The number of hydrogen-bond acceptors (Lipinski definition) is 4. The number of nitrogens with one attached hydrogen (secondary N) is 1. The number of Topliss-reactive ketones (excluding diaryl/α,β-unsaturated/α-hetero) is 1. The second-order valence-corrected chi connectivity index (χ2v) is 7.48. The fraction of sp³-hybridized carbons (Fsp3) is 0.391. The molecule has 0 radical (unpaired) electrons. The first-order valence-electron chi connectivity index (χ1n) is 9.80. The van der Waals surface area contributed by atoms with Crippen molar-refractivity contribution in [2.45, 2.75) is 39.3 Å². The van der Waals surface area contributed by atoms with Crippen LogP contribution in [0.5, 0.6) is 5.75 Å². The molecule has 0 atom stereocenters. The molecule has 5 heteroatoms. The lowest BCUT2D eigenvalue weighted by Gasteiger charge is -2.32. The molecule has 1 aliphatic heterocycles. The number of rotatable bonds is 7. The van der Waals surface area contributed by atoms with Crippen LogP contribution in [0, 0.1) is 6.92 Å². The van der Waals surface area contributed by atoms with Gasteiger partial charge < -0.3 is 10.1 Å². The summed E-state index contributed by atoms with van der Waals surface area (Å²) < 4.78 is 5.54. The third kappa shape index (κ3) is 5.92. The van der Waals surface area contributed by atoms with Crippen LogP contribution in [-0.4, -0.2) is 42.3 Å². The zero-order chi connectivity index (χ0) is 19.9. The average molecular weight is 380 g/mol. The molecule has 0 bridgehead atoms. The predicted octanol–water partition coefficient (Wildman–Crippen LogP) is 3.36. The third-order valence-corrected chi connectivity index (χ3v) is 5.05. The first-order chi connectivity index (χ1) is 13.5. The fourth-order valence-electron chi connectivity index (χ4n) is 3.53. The van der Waals surface area contributed by atoms with E-state index in [4.69, 9.17) is 4.74 Å².